The molecule has 2 N–H and O–H groups in total. The fourth-order valence-corrected chi connectivity index (χ4v) is 2.36. The molecule has 1 heterocycles. The first-order valence-corrected chi connectivity index (χ1v) is 6.05. The Morgan fingerprint density at radius 1 is 1.31 bits per heavy atom. The summed E-state index contributed by atoms with van der Waals surface area (Å²) in [4.78, 5) is 9.20. The average molecular weight is 252 g/mol. The molecular formula is C11H10ClN3S. The van der Waals surface area contributed by atoms with Crippen LogP contribution in [0.5, 0.6) is 0 Å². The van der Waals surface area contributed by atoms with Crippen LogP contribution in [-0.2, 0) is 5.75 Å². The number of anilines is 1. The van der Waals surface area contributed by atoms with E-state index in [4.69, 9.17) is 17.3 Å². The zero-order chi connectivity index (χ0) is 11.4. The van der Waals surface area contributed by atoms with Crippen LogP contribution in [0.2, 0.25) is 5.02 Å². The number of nitrogens with two attached hydrogens (primary N) is 1. The third-order valence-corrected chi connectivity index (χ3v) is 3.48. The van der Waals surface area contributed by atoms with Crippen LogP contribution in [0.3, 0.4) is 0 Å². The summed E-state index contributed by atoms with van der Waals surface area (Å²) in [5, 5.41) is 0.675. The Bertz CT molecular complexity index is 476. The molecule has 82 valence electrons. The smallest absolute Gasteiger partial charge is 0.0689 e. The van der Waals surface area contributed by atoms with E-state index in [2.05, 4.69) is 9.97 Å². The van der Waals surface area contributed by atoms with Crippen molar-refractivity contribution in [2.75, 3.05) is 5.73 Å². The van der Waals surface area contributed by atoms with Crippen molar-refractivity contribution in [1.29, 1.82) is 0 Å². The van der Waals surface area contributed by atoms with E-state index in [1.807, 2.05) is 12.1 Å². The normalized spacial score (nSPS) is 10.3. The van der Waals surface area contributed by atoms with Crippen molar-refractivity contribution >= 4 is 29.1 Å². The highest BCUT2D eigenvalue weighted by Gasteiger charge is 2.02. The average Bonchev–Trinajstić information content (AvgIpc) is 2.29. The predicted octanol–water partition coefficient (Wildman–Crippen LogP) is 3.00. The maximum absolute atomic E-state index is 6.06. The van der Waals surface area contributed by atoms with Gasteiger partial charge >= 0.3 is 0 Å². The Morgan fingerprint density at radius 2 is 2.19 bits per heavy atom. The van der Waals surface area contributed by atoms with Crippen molar-refractivity contribution in [3.05, 3.63) is 47.5 Å². The summed E-state index contributed by atoms with van der Waals surface area (Å²) >= 11 is 7.68. The van der Waals surface area contributed by atoms with Crippen LogP contribution >= 0.6 is 23.4 Å². The van der Waals surface area contributed by atoms with Gasteiger partial charge in [0.05, 0.1) is 10.7 Å². The second-order valence-corrected chi connectivity index (χ2v) is 4.60. The SMILES string of the molecule is Nc1ccc(SCc2cnccn2)c(Cl)c1. The monoisotopic (exact) mass is 251 g/mol. The second-order valence-electron chi connectivity index (χ2n) is 3.18. The van der Waals surface area contributed by atoms with Gasteiger partial charge in [-0.15, -0.1) is 11.8 Å². The van der Waals surface area contributed by atoms with Crippen LogP contribution in [0.1, 0.15) is 5.69 Å². The number of hydrogen-bond donors (Lipinski definition) is 1. The molecule has 2 aromatic rings. The number of hydrogen-bond acceptors (Lipinski definition) is 4. The molecule has 0 radical (unpaired) electrons. The van der Waals surface area contributed by atoms with E-state index in [1.165, 1.54) is 0 Å². The third-order valence-electron chi connectivity index (χ3n) is 1.95. The zero-order valence-electron chi connectivity index (χ0n) is 8.43. The van der Waals surface area contributed by atoms with E-state index in [0.717, 1.165) is 16.3 Å². The molecule has 0 unspecified atom stereocenters. The van der Waals surface area contributed by atoms with Crippen LogP contribution in [0.25, 0.3) is 0 Å². The van der Waals surface area contributed by atoms with E-state index in [-0.39, 0.29) is 0 Å². The molecule has 2 rings (SSSR count). The summed E-state index contributed by atoms with van der Waals surface area (Å²) in [6.45, 7) is 0. The lowest BCUT2D eigenvalue weighted by Crippen LogP contribution is -1.88. The molecule has 16 heavy (non-hydrogen) atoms. The highest BCUT2D eigenvalue weighted by atomic mass is 35.5. The standard InChI is InChI=1S/C11H10ClN3S/c12-10-5-8(13)1-2-11(10)16-7-9-6-14-3-4-15-9/h1-6H,7,13H2. The van der Waals surface area contributed by atoms with Gasteiger partial charge in [-0.25, -0.2) is 0 Å². The van der Waals surface area contributed by atoms with Gasteiger partial charge in [-0.1, -0.05) is 11.6 Å². The van der Waals surface area contributed by atoms with Crippen LogP contribution in [-0.4, -0.2) is 9.97 Å². The quantitative estimate of drug-likeness (QED) is 0.673. The summed E-state index contributed by atoms with van der Waals surface area (Å²) < 4.78 is 0. The predicted molar refractivity (Wildman–Crippen MR) is 67.5 cm³/mol. The fraction of sp³-hybridized carbons (Fsp3) is 0.0909. The first-order chi connectivity index (χ1) is 7.75. The molecule has 0 bridgehead atoms. The molecule has 5 heteroatoms. The van der Waals surface area contributed by atoms with Gasteiger partial charge in [-0.3, -0.25) is 9.97 Å². The summed E-state index contributed by atoms with van der Waals surface area (Å²) in [7, 11) is 0. The van der Waals surface area contributed by atoms with Crippen molar-refractivity contribution in [1.82, 2.24) is 9.97 Å². The number of aromatic nitrogens is 2. The van der Waals surface area contributed by atoms with E-state index in [9.17, 15) is 0 Å². The highest BCUT2D eigenvalue weighted by molar-refractivity contribution is 7.98. The molecule has 0 saturated carbocycles. The first-order valence-electron chi connectivity index (χ1n) is 4.68. The third kappa shape index (κ3) is 2.87. The molecule has 1 aromatic carbocycles. The number of rotatable bonds is 3. The fourth-order valence-electron chi connectivity index (χ4n) is 1.19. The minimum absolute atomic E-state index is 0.675. The molecule has 0 aliphatic rings. The molecule has 1 aromatic heterocycles. The minimum Gasteiger partial charge on any atom is -0.399 e. The van der Waals surface area contributed by atoms with Gasteiger partial charge in [-0.05, 0) is 18.2 Å². The lowest BCUT2D eigenvalue weighted by atomic mass is 10.3. The molecule has 0 aliphatic carbocycles. The highest BCUT2D eigenvalue weighted by Crippen LogP contribution is 2.30. The van der Waals surface area contributed by atoms with Gasteiger partial charge < -0.3 is 5.73 Å². The van der Waals surface area contributed by atoms with Crippen molar-refractivity contribution in [3.63, 3.8) is 0 Å². The molecule has 0 saturated heterocycles. The Balaban J connectivity index is 2.05. The van der Waals surface area contributed by atoms with Crippen LogP contribution in [0.15, 0.2) is 41.7 Å². The van der Waals surface area contributed by atoms with Crippen molar-refractivity contribution in [3.8, 4) is 0 Å². The molecular weight excluding hydrogens is 242 g/mol. The molecule has 3 nitrogen and oxygen atoms in total. The summed E-state index contributed by atoms with van der Waals surface area (Å²) in [5.41, 5.74) is 7.22. The topological polar surface area (TPSA) is 51.8 Å². The van der Waals surface area contributed by atoms with E-state index in [1.54, 1.807) is 36.4 Å². The summed E-state index contributed by atoms with van der Waals surface area (Å²) in [6.07, 6.45) is 5.09. The van der Waals surface area contributed by atoms with Crippen molar-refractivity contribution in [2.45, 2.75) is 10.6 Å². The minimum atomic E-state index is 0.675. The maximum atomic E-state index is 6.06. The molecule has 0 spiro atoms. The van der Waals surface area contributed by atoms with E-state index < -0.39 is 0 Å². The lowest BCUT2D eigenvalue weighted by molar-refractivity contribution is 1.10. The Kier molecular flexibility index (Phi) is 3.64. The molecule has 0 aliphatic heterocycles. The lowest BCUT2D eigenvalue weighted by Gasteiger charge is -2.04. The van der Waals surface area contributed by atoms with Gasteiger partial charge in [0.25, 0.3) is 0 Å². The molecule has 0 amide bonds. The van der Waals surface area contributed by atoms with Gasteiger partial charge in [-0.2, -0.15) is 0 Å². The van der Waals surface area contributed by atoms with E-state index in [0.29, 0.717) is 10.7 Å². The number of thioether (sulfide) groups is 1. The Morgan fingerprint density at radius 3 is 2.88 bits per heavy atom. The summed E-state index contributed by atoms with van der Waals surface area (Å²) in [6, 6.07) is 5.50. The molecule has 0 fully saturated rings. The van der Waals surface area contributed by atoms with Crippen LogP contribution < -0.4 is 5.73 Å². The number of nitrogen functional groups attached to an aromatic ring is 1. The van der Waals surface area contributed by atoms with Crippen LogP contribution in [0, 0.1) is 0 Å². The van der Waals surface area contributed by atoms with Gasteiger partial charge in [0.15, 0.2) is 0 Å². The van der Waals surface area contributed by atoms with Gasteiger partial charge in [0.2, 0.25) is 0 Å². The van der Waals surface area contributed by atoms with Crippen LogP contribution in [0.4, 0.5) is 5.69 Å². The maximum Gasteiger partial charge on any atom is 0.0689 e. The van der Waals surface area contributed by atoms with Gasteiger partial charge in [0.1, 0.15) is 0 Å². The Hall–Kier alpha value is -1.26. The summed E-state index contributed by atoms with van der Waals surface area (Å²) in [5.74, 6) is 0.747. The number of benzene rings is 1. The molecule has 0 atom stereocenters. The van der Waals surface area contributed by atoms with Gasteiger partial charge in [0, 0.05) is 34.9 Å². The number of nitrogens with zero attached hydrogens (tertiary/aromatic N) is 2. The second kappa shape index (κ2) is 5.18. The zero-order valence-corrected chi connectivity index (χ0v) is 10.0. The number of halogens is 1. The first kappa shape index (κ1) is 11.2. The van der Waals surface area contributed by atoms with Crippen molar-refractivity contribution < 1.29 is 0 Å². The van der Waals surface area contributed by atoms with E-state index >= 15 is 0 Å². The largest absolute Gasteiger partial charge is 0.399 e. The Labute approximate surface area is 103 Å². The van der Waals surface area contributed by atoms with Crippen molar-refractivity contribution in [2.24, 2.45) is 0 Å².